The van der Waals surface area contributed by atoms with Gasteiger partial charge in [-0.05, 0) is 57.1 Å². The topological polar surface area (TPSA) is 79.8 Å². The van der Waals surface area contributed by atoms with Gasteiger partial charge in [0.1, 0.15) is 24.9 Å². The highest BCUT2D eigenvalue weighted by molar-refractivity contribution is 6.42. The summed E-state index contributed by atoms with van der Waals surface area (Å²) in [6.07, 6.45) is 5.96. The van der Waals surface area contributed by atoms with Crippen molar-refractivity contribution in [2.75, 3.05) is 38.6 Å². The SMILES string of the molecule is C=CC(=O)N1C[C@H]2C[C@@H](C1)C2Oc1cc2c(Nc3ccc(Cl)c(Cl)c3F)ncnc2cc1OC[C@H]1CCCN1C. The number of ether oxygens (including phenoxy) is 2. The van der Waals surface area contributed by atoms with Crippen LogP contribution in [0.4, 0.5) is 15.9 Å². The maximum absolute atomic E-state index is 14.8. The molecular weight excluding hydrogens is 556 g/mol. The van der Waals surface area contributed by atoms with Crippen LogP contribution in [-0.4, -0.2) is 71.1 Å². The highest BCUT2D eigenvalue weighted by atomic mass is 35.5. The number of carbonyl (C=O) groups excluding carboxylic acids is 1. The van der Waals surface area contributed by atoms with Crippen LogP contribution >= 0.6 is 23.2 Å². The molecule has 4 atom stereocenters. The highest BCUT2D eigenvalue weighted by Crippen LogP contribution is 2.45. The predicted molar refractivity (Wildman–Crippen MR) is 153 cm³/mol. The third-order valence-electron chi connectivity index (χ3n) is 8.29. The number of likely N-dealkylation sites (tertiary alicyclic amines) is 1. The summed E-state index contributed by atoms with van der Waals surface area (Å²) in [5, 5.41) is 3.63. The van der Waals surface area contributed by atoms with Gasteiger partial charge in [0.25, 0.3) is 0 Å². The van der Waals surface area contributed by atoms with Crippen molar-refractivity contribution in [1.82, 2.24) is 19.8 Å². The molecule has 3 aromatic rings. The summed E-state index contributed by atoms with van der Waals surface area (Å²) in [4.78, 5) is 25.1. The zero-order chi connectivity index (χ0) is 28.0. The molecular formula is C29H30Cl2FN5O3. The molecule has 0 spiro atoms. The van der Waals surface area contributed by atoms with Crippen molar-refractivity contribution >= 4 is 51.5 Å². The minimum atomic E-state index is -0.668. The molecule has 3 aliphatic heterocycles. The van der Waals surface area contributed by atoms with Crippen molar-refractivity contribution in [3.8, 4) is 11.5 Å². The molecule has 4 aliphatic rings. The van der Waals surface area contributed by atoms with Crippen LogP contribution < -0.4 is 14.8 Å². The molecule has 11 heteroatoms. The summed E-state index contributed by atoms with van der Waals surface area (Å²) in [5.41, 5.74) is 0.763. The smallest absolute Gasteiger partial charge is 0.245 e. The van der Waals surface area contributed by atoms with Crippen LogP contribution in [0.25, 0.3) is 10.9 Å². The van der Waals surface area contributed by atoms with Crippen LogP contribution in [0, 0.1) is 17.7 Å². The average Bonchev–Trinajstić information content (AvgIpc) is 3.38. The number of benzene rings is 2. The standard InChI is InChI=1S/C29H30Cl2FN5O3/c1-3-25(38)37-12-16-9-17(13-37)28(16)40-24-10-19-22(11-23(24)39-14-18-5-4-8-36(18)2)33-15-34-29(19)35-21-7-6-20(30)26(31)27(21)32/h3,6-7,10-11,15-18,28H,1,4-5,8-9,12-14H2,2H3,(H,33,34,35)/t16-,17+,18-,28?/m1/s1. The van der Waals surface area contributed by atoms with E-state index in [0.717, 1.165) is 25.8 Å². The number of hydrogen-bond acceptors (Lipinski definition) is 7. The fraction of sp³-hybridized carbons (Fsp3) is 0.414. The second-order valence-electron chi connectivity index (χ2n) is 10.8. The van der Waals surface area contributed by atoms with Gasteiger partial charge in [-0.25, -0.2) is 14.4 Å². The zero-order valence-corrected chi connectivity index (χ0v) is 23.6. The molecule has 1 amide bonds. The van der Waals surface area contributed by atoms with E-state index < -0.39 is 5.82 Å². The molecule has 8 nitrogen and oxygen atoms in total. The van der Waals surface area contributed by atoms with E-state index in [4.69, 9.17) is 32.7 Å². The molecule has 40 heavy (non-hydrogen) atoms. The number of nitrogens with zero attached hydrogens (tertiary/aromatic N) is 4. The van der Waals surface area contributed by atoms with Crippen LogP contribution in [0.2, 0.25) is 10.0 Å². The van der Waals surface area contributed by atoms with Gasteiger partial charge in [-0.15, -0.1) is 0 Å². The van der Waals surface area contributed by atoms with E-state index in [9.17, 15) is 9.18 Å². The Morgan fingerprint density at radius 1 is 1.23 bits per heavy atom. The van der Waals surface area contributed by atoms with Crippen LogP contribution in [0.15, 0.2) is 43.2 Å². The van der Waals surface area contributed by atoms with Gasteiger partial charge in [-0.2, -0.15) is 0 Å². The lowest BCUT2D eigenvalue weighted by Gasteiger charge is -2.52. The second-order valence-corrected chi connectivity index (χ2v) is 11.5. The number of piperidine rings is 2. The number of rotatable bonds is 8. The molecule has 1 aliphatic carbocycles. The van der Waals surface area contributed by atoms with Crippen LogP contribution in [-0.2, 0) is 4.79 Å². The van der Waals surface area contributed by atoms with Crippen molar-refractivity contribution in [3.63, 3.8) is 0 Å². The molecule has 3 saturated heterocycles. The third-order valence-corrected chi connectivity index (χ3v) is 9.07. The average molecular weight is 586 g/mol. The first kappa shape index (κ1) is 27.1. The molecule has 4 heterocycles. The quantitative estimate of drug-likeness (QED) is 0.268. The first-order valence-electron chi connectivity index (χ1n) is 13.4. The molecule has 210 valence electrons. The Labute approximate surface area is 242 Å². The van der Waals surface area contributed by atoms with E-state index in [0.29, 0.717) is 54.0 Å². The van der Waals surface area contributed by atoms with Crippen molar-refractivity contribution in [1.29, 1.82) is 0 Å². The molecule has 0 radical (unpaired) electrons. The fourth-order valence-electron chi connectivity index (χ4n) is 5.99. The van der Waals surface area contributed by atoms with E-state index in [2.05, 4.69) is 33.8 Å². The van der Waals surface area contributed by atoms with Gasteiger partial charge in [0.2, 0.25) is 5.91 Å². The van der Waals surface area contributed by atoms with E-state index in [1.807, 2.05) is 17.0 Å². The summed E-state index contributed by atoms with van der Waals surface area (Å²) >= 11 is 12.0. The molecule has 7 rings (SSSR count). The Morgan fingerprint density at radius 2 is 2.02 bits per heavy atom. The maximum Gasteiger partial charge on any atom is 0.245 e. The van der Waals surface area contributed by atoms with Gasteiger partial charge in [-0.1, -0.05) is 29.8 Å². The number of likely N-dealkylation sites (N-methyl/N-ethyl adjacent to an activating group) is 1. The lowest BCUT2D eigenvalue weighted by Crippen LogP contribution is -2.61. The Bertz CT molecular complexity index is 1460. The lowest BCUT2D eigenvalue weighted by atomic mass is 9.68. The van der Waals surface area contributed by atoms with Crippen molar-refractivity contribution in [2.45, 2.75) is 31.4 Å². The normalized spacial score (nSPS) is 24.1. The van der Waals surface area contributed by atoms with Crippen LogP contribution in [0.3, 0.4) is 0 Å². The largest absolute Gasteiger partial charge is 0.488 e. The second kappa shape index (κ2) is 11.0. The Balaban J connectivity index is 1.32. The number of halogens is 3. The first-order chi connectivity index (χ1) is 19.3. The van der Waals surface area contributed by atoms with Crippen molar-refractivity contribution in [3.05, 3.63) is 59.1 Å². The van der Waals surface area contributed by atoms with Crippen LogP contribution in [0.5, 0.6) is 11.5 Å². The number of amides is 1. The van der Waals surface area contributed by atoms with Gasteiger partial charge >= 0.3 is 0 Å². The fourth-order valence-corrected chi connectivity index (χ4v) is 6.30. The minimum absolute atomic E-state index is 0.0450. The number of carbonyl (C=O) groups is 1. The van der Waals surface area contributed by atoms with Gasteiger partial charge in [0, 0.05) is 42.4 Å². The van der Waals surface area contributed by atoms with Gasteiger partial charge in [-0.3, -0.25) is 4.79 Å². The van der Waals surface area contributed by atoms with Gasteiger partial charge in [0.15, 0.2) is 17.3 Å². The van der Waals surface area contributed by atoms with E-state index in [1.165, 1.54) is 24.5 Å². The summed E-state index contributed by atoms with van der Waals surface area (Å²) in [6.45, 7) is 6.46. The molecule has 1 aromatic heterocycles. The Hall–Kier alpha value is -3.14. The van der Waals surface area contributed by atoms with Crippen LogP contribution in [0.1, 0.15) is 19.3 Å². The monoisotopic (exact) mass is 585 g/mol. The predicted octanol–water partition coefficient (Wildman–Crippen LogP) is 5.70. The number of nitrogens with one attached hydrogen (secondary N) is 1. The van der Waals surface area contributed by atoms with Crippen molar-refractivity contribution < 1.29 is 18.7 Å². The molecule has 2 bridgehead atoms. The lowest BCUT2D eigenvalue weighted by molar-refractivity contribution is -0.142. The Kier molecular flexibility index (Phi) is 7.46. The number of hydrogen-bond donors (Lipinski definition) is 1. The molecule has 4 fully saturated rings. The van der Waals surface area contributed by atoms with Gasteiger partial charge < -0.3 is 24.6 Å². The minimum Gasteiger partial charge on any atom is -0.488 e. The van der Waals surface area contributed by atoms with E-state index >= 15 is 0 Å². The molecule has 1 saturated carbocycles. The van der Waals surface area contributed by atoms with E-state index in [1.54, 1.807) is 0 Å². The maximum atomic E-state index is 14.8. The number of anilines is 2. The molecule has 2 aromatic carbocycles. The number of fused-ring (bicyclic) bond motifs is 3. The zero-order valence-electron chi connectivity index (χ0n) is 22.1. The summed E-state index contributed by atoms with van der Waals surface area (Å²) < 4.78 is 27.8. The molecule has 1 unspecified atom stereocenters. The Morgan fingerprint density at radius 3 is 2.75 bits per heavy atom. The summed E-state index contributed by atoms with van der Waals surface area (Å²) in [5.74, 6) is 1.30. The van der Waals surface area contributed by atoms with Crippen molar-refractivity contribution in [2.24, 2.45) is 11.8 Å². The first-order valence-corrected chi connectivity index (χ1v) is 14.2. The van der Waals surface area contributed by atoms with E-state index in [-0.39, 0.29) is 39.6 Å². The van der Waals surface area contributed by atoms with Gasteiger partial charge in [0.05, 0.1) is 21.2 Å². The third kappa shape index (κ3) is 5.06. The summed E-state index contributed by atoms with van der Waals surface area (Å²) in [6, 6.07) is 7.05. The summed E-state index contributed by atoms with van der Waals surface area (Å²) in [7, 11) is 2.11. The number of aromatic nitrogens is 2. The highest BCUT2D eigenvalue weighted by Gasteiger charge is 2.49. The molecule has 1 N–H and O–H groups in total.